The Hall–Kier alpha value is -0.203. The Labute approximate surface area is 181 Å². The predicted octanol–water partition coefficient (Wildman–Crippen LogP) is 6.09. The molecule has 0 saturated carbocycles. The van der Waals surface area contributed by atoms with E-state index in [4.69, 9.17) is 9.16 Å². The molecule has 1 heterocycles. The Bertz CT molecular complexity index is 587. The van der Waals surface area contributed by atoms with Gasteiger partial charge in [0.05, 0.1) is 24.4 Å². The molecule has 1 aromatic carbocycles. The van der Waals surface area contributed by atoms with Crippen LogP contribution in [0.2, 0.25) is 18.1 Å². The molecule has 1 fully saturated rings. The van der Waals surface area contributed by atoms with Crippen LogP contribution in [0.4, 0.5) is 0 Å². The van der Waals surface area contributed by atoms with Crippen molar-refractivity contribution in [1.82, 2.24) is 0 Å². The maximum atomic E-state index is 10.8. The standard InChI is InChI=1S/C23H39BrO3Si/c1-17(27-28(5,6)23(2,3)4)22(25)16-21-15-19(24)14-20(26-21)13-12-18-10-8-7-9-11-18/h7-11,17,19-22,25H,12-16H2,1-6H3/t17-,19+,20-,21-,22+/m0/s1. The van der Waals surface area contributed by atoms with E-state index in [0.29, 0.717) is 11.2 Å². The van der Waals surface area contributed by atoms with Gasteiger partial charge in [-0.1, -0.05) is 67.0 Å². The number of rotatable bonds is 8. The van der Waals surface area contributed by atoms with Crippen LogP contribution in [0.1, 0.15) is 58.9 Å². The Kier molecular flexibility index (Phi) is 8.77. The van der Waals surface area contributed by atoms with Crippen molar-refractivity contribution in [1.29, 1.82) is 0 Å². The minimum Gasteiger partial charge on any atom is -0.412 e. The van der Waals surface area contributed by atoms with E-state index < -0.39 is 14.4 Å². The molecule has 0 amide bonds. The summed E-state index contributed by atoms with van der Waals surface area (Å²) in [5, 5.41) is 10.9. The van der Waals surface area contributed by atoms with Crippen LogP contribution in [0.15, 0.2) is 30.3 Å². The maximum absolute atomic E-state index is 10.8. The first kappa shape index (κ1) is 24.1. The number of aryl methyl sites for hydroxylation is 1. The highest BCUT2D eigenvalue weighted by molar-refractivity contribution is 9.09. The van der Waals surface area contributed by atoms with Gasteiger partial charge in [0.25, 0.3) is 0 Å². The van der Waals surface area contributed by atoms with Crippen molar-refractivity contribution in [3.8, 4) is 0 Å². The molecule has 1 saturated heterocycles. The van der Waals surface area contributed by atoms with Gasteiger partial charge in [0, 0.05) is 11.2 Å². The van der Waals surface area contributed by atoms with Crippen LogP contribution in [0.3, 0.4) is 0 Å². The highest BCUT2D eigenvalue weighted by Crippen LogP contribution is 2.38. The van der Waals surface area contributed by atoms with Gasteiger partial charge in [-0.05, 0) is 56.3 Å². The third kappa shape index (κ3) is 7.24. The first-order valence-corrected chi connectivity index (χ1v) is 14.5. The fourth-order valence-electron chi connectivity index (χ4n) is 3.54. The Morgan fingerprint density at radius 3 is 2.39 bits per heavy atom. The second kappa shape index (κ2) is 10.2. The Morgan fingerprint density at radius 1 is 1.18 bits per heavy atom. The number of hydrogen-bond acceptors (Lipinski definition) is 3. The van der Waals surface area contributed by atoms with E-state index >= 15 is 0 Å². The summed E-state index contributed by atoms with van der Waals surface area (Å²) in [4.78, 5) is 0.454. The zero-order chi connectivity index (χ0) is 20.9. The van der Waals surface area contributed by atoms with E-state index in [1.54, 1.807) is 0 Å². The van der Waals surface area contributed by atoms with Crippen molar-refractivity contribution in [2.24, 2.45) is 0 Å². The number of hydrogen-bond donors (Lipinski definition) is 1. The van der Waals surface area contributed by atoms with Gasteiger partial charge >= 0.3 is 0 Å². The fourth-order valence-corrected chi connectivity index (χ4v) is 5.82. The average molecular weight is 472 g/mol. The molecule has 0 spiro atoms. The van der Waals surface area contributed by atoms with Crippen LogP contribution in [-0.2, 0) is 15.6 Å². The third-order valence-electron chi connectivity index (χ3n) is 6.35. The Morgan fingerprint density at radius 2 is 1.79 bits per heavy atom. The lowest BCUT2D eigenvalue weighted by atomic mass is 9.95. The predicted molar refractivity (Wildman–Crippen MR) is 124 cm³/mol. The largest absolute Gasteiger partial charge is 0.412 e. The highest BCUT2D eigenvalue weighted by Gasteiger charge is 2.40. The summed E-state index contributed by atoms with van der Waals surface area (Å²) in [6.45, 7) is 13.2. The van der Waals surface area contributed by atoms with E-state index in [2.05, 4.69) is 80.1 Å². The molecule has 2 rings (SSSR count). The zero-order valence-electron chi connectivity index (χ0n) is 18.5. The van der Waals surface area contributed by atoms with Crippen molar-refractivity contribution >= 4 is 24.2 Å². The molecule has 0 bridgehead atoms. The van der Waals surface area contributed by atoms with Crippen LogP contribution in [0, 0.1) is 0 Å². The smallest absolute Gasteiger partial charge is 0.192 e. The number of halogens is 1. The van der Waals surface area contributed by atoms with Crippen molar-refractivity contribution in [2.75, 3.05) is 0 Å². The maximum Gasteiger partial charge on any atom is 0.192 e. The second-order valence-corrected chi connectivity index (χ2v) is 15.9. The molecule has 0 radical (unpaired) electrons. The van der Waals surface area contributed by atoms with Crippen LogP contribution < -0.4 is 0 Å². The van der Waals surface area contributed by atoms with Gasteiger partial charge in [-0.3, -0.25) is 0 Å². The molecule has 0 unspecified atom stereocenters. The summed E-state index contributed by atoms with van der Waals surface area (Å²) < 4.78 is 12.7. The van der Waals surface area contributed by atoms with E-state index in [1.807, 2.05) is 6.92 Å². The first-order chi connectivity index (χ1) is 13.0. The van der Waals surface area contributed by atoms with Gasteiger partial charge in [0.15, 0.2) is 8.32 Å². The van der Waals surface area contributed by atoms with Crippen LogP contribution in [-0.4, -0.2) is 42.7 Å². The summed E-state index contributed by atoms with van der Waals surface area (Å²) in [5.74, 6) is 0. The van der Waals surface area contributed by atoms with Crippen molar-refractivity contribution in [2.45, 2.75) is 107 Å². The van der Waals surface area contributed by atoms with Crippen molar-refractivity contribution in [3.05, 3.63) is 35.9 Å². The van der Waals surface area contributed by atoms with E-state index in [0.717, 1.165) is 25.7 Å². The molecule has 1 aromatic rings. The van der Waals surface area contributed by atoms with Gasteiger partial charge in [-0.15, -0.1) is 0 Å². The molecule has 0 aromatic heterocycles. The number of ether oxygens (including phenoxy) is 1. The normalized spacial score (nSPS) is 26.1. The fraction of sp³-hybridized carbons (Fsp3) is 0.739. The van der Waals surface area contributed by atoms with Crippen molar-refractivity contribution in [3.63, 3.8) is 0 Å². The van der Waals surface area contributed by atoms with Crippen LogP contribution in [0.25, 0.3) is 0 Å². The lowest BCUT2D eigenvalue weighted by Gasteiger charge is -2.40. The van der Waals surface area contributed by atoms with E-state index in [-0.39, 0.29) is 23.4 Å². The molecule has 0 aliphatic carbocycles. The van der Waals surface area contributed by atoms with Gasteiger partial charge in [-0.25, -0.2) is 0 Å². The Balaban J connectivity index is 1.86. The molecule has 3 nitrogen and oxygen atoms in total. The summed E-state index contributed by atoms with van der Waals surface area (Å²) >= 11 is 3.81. The molecule has 1 aliphatic rings. The molecule has 5 heteroatoms. The number of aliphatic hydroxyl groups excluding tert-OH is 1. The molecule has 28 heavy (non-hydrogen) atoms. The minimum atomic E-state index is -1.88. The molecule has 1 N–H and O–H groups in total. The zero-order valence-corrected chi connectivity index (χ0v) is 21.0. The summed E-state index contributed by atoms with van der Waals surface area (Å²) in [6, 6.07) is 10.6. The monoisotopic (exact) mass is 470 g/mol. The van der Waals surface area contributed by atoms with E-state index in [1.165, 1.54) is 5.56 Å². The van der Waals surface area contributed by atoms with E-state index in [9.17, 15) is 5.11 Å². The first-order valence-electron chi connectivity index (χ1n) is 10.7. The quantitative estimate of drug-likeness (QED) is 0.368. The lowest BCUT2D eigenvalue weighted by Crippen LogP contribution is -2.47. The highest BCUT2D eigenvalue weighted by atomic mass is 79.9. The average Bonchev–Trinajstić information content (AvgIpc) is 2.59. The van der Waals surface area contributed by atoms with Crippen molar-refractivity contribution < 1.29 is 14.3 Å². The molecular weight excluding hydrogens is 432 g/mol. The van der Waals surface area contributed by atoms with Gasteiger partial charge < -0.3 is 14.3 Å². The second-order valence-electron chi connectivity index (χ2n) is 9.86. The SMILES string of the molecule is C[C@H](O[Si](C)(C)C(C)(C)C)[C@H](O)C[C@@H]1C[C@H](Br)C[C@H](CCc2ccccc2)O1. The molecular formula is C23H39BrO3Si. The molecule has 1 aliphatic heterocycles. The molecule has 5 atom stereocenters. The summed E-state index contributed by atoms with van der Waals surface area (Å²) in [6.07, 6.45) is 4.35. The number of aliphatic hydroxyl groups is 1. The molecule has 160 valence electrons. The van der Waals surface area contributed by atoms with Gasteiger partial charge in [-0.2, -0.15) is 0 Å². The van der Waals surface area contributed by atoms with Gasteiger partial charge in [0.1, 0.15) is 0 Å². The van der Waals surface area contributed by atoms with Crippen LogP contribution >= 0.6 is 15.9 Å². The number of benzene rings is 1. The third-order valence-corrected chi connectivity index (χ3v) is 11.7. The van der Waals surface area contributed by atoms with Crippen LogP contribution in [0.5, 0.6) is 0 Å². The lowest BCUT2D eigenvalue weighted by molar-refractivity contribution is -0.0809. The topological polar surface area (TPSA) is 38.7 Å². The summed E-state index contributed by atoms with van der Waals surface area (Å²) in [5.41, 5.74) is 1.36. The van der Waals surface area contributed by atoms with Gasteiger partial charge in [0.2, 0.25) is 0 Å². The number of alkyl halides is 1. The summed E-state index contributed by atoms with van der Waals surface area (Å²) in [7, 11) is -1.88. The minimum absolute atomic E-state index is 0.0827.